The number of carbonyl (C=O) groups excluding carboxylic acids is 1. The zero-order valence-corrected chi connectivity index (χ0v) is 15.7. The van der Waals surface area contributed by atoms with E-state index in [1.165, 1.54) is 0 Å². The Labute approximate surface area is 162 Å². The standard InChI is InChI=1S/C20H18ClN3O3/c1-13-11-16(7-8-17(13)21)27-12-19(25)22-15-5-3-14(4-6-15)18-9-10-20(26-2)24-23-18/h3-11H,12H2,1-2H3,(H,22,25). The van der Waals surface area contributed by atoms with E-state index in [1.807, 2.05) is 25.1 Å². The SMILES string of the molecule is COc1ccc(-c2ccc(NC(=O)COc3ccc(Cl)c(C)c3)cc2)nn1. The Balaban J connectivity index is 1.56. The number of hydrogen-bond donors (Lipinski definition) is 1. The molecule has 1 aromatic heterocycles. The quantitative estimate of drug-likeness (QED) is 0.692. The Morgan fingerprint density at radius 2 is 1.85 bits per heavy atom. The maximum atomic E-state index is 12.1. The molecule has 2 aromatic carbocycles. The van der Waals surface area contributed by atoms with Crippen molar-refractivity contribution in [3.63, 3.8) is 0 Å². The first-order chi connectivity index (χ1) is 13.0. The lowest BCUT2D eigenvalue weighted by atomic mass is 10.1. The third kappa shape index (κ3) is 4.95. The van der Waals surface area contributed by atoms with Crippen molar-refractivity contribution in [1.82, 2.24) is 10.2 Å². The summed E-state index contributed by atoms with van der Waals surface area (Å²) in [5.74, 6) is 0.804. The minimum Gasteiger partial charge on any atom is -0.484 e. The number of halogens is 1. The number of anilines is 1. The molecule has 0 saturated heterocycles. The molecule has 3 aromatic rings. The molecule has 0 radical (unpaired) electrons. The predicted octanol–water partition coefficient (Wildman–Crippen LogP) is 4.13. The highest BCUT2D eigenvalue weighted by molar-refractivity contribution is 6.31. The lowest BCUT2D eigenvalue weighted by Gasteiger charge is -2.09. The van der Waals surface area contributed by atoms with E-state index in [9.17, 15) is 4.79 Å². The number of aryl methyl sites for hydroxylation is 1. The Kier molecular flexibility index (Phi) is 5.88. The molecule has 27 heavy (non-hydrogen) atoms. The molecule has 3 rings (SSSR count). The van der Waals surface area contributed by atoms with Crippen molar-refractivity contribution < 1.29 is 14.3 Å². The van der Waals surface area contributed by atoms with Crippen LogP contribution in [0.2, 0.25) is 5.02 Å². The lowest BCUT2D eigenvalue weighted by Crippen LogP contribution is -2.20. The number of ether oxygens (including phenoxy) is 2. The van der Waals surface area contributed by atoms with Gasteiger partial charge in [0.15, 0.2) is 6.61 Å². The summed E-state index contributed by atoms with van der Waals surface area (Å²) in [6.45, 7) is 1.79. The second-order valence-corrected chi connectivity index (χ2v) is 6.19. The largest absolute Gasteiger partial charge is 0.484 e. The number of nitrogens with zero attached hydrogens (tertiary/aromatic N) is 2. The maximum Gasteiger partial charge on any atom is 0.262 e. The van der Waals surface area contributed by atoms with Gasteiger partial charge < -0.3 is 14.8 Å². The van der Waals surface area contributed by atoms with Crippen LogP contribution < -0.4 is 14.8 Å². The molecule has 1 heterocycles. The van der Waals surface area contributed by atoms with Crippen LogP contribution in [0.15, 0.2) is 54.6 Å². The summed E-state index contributed by atoms with van der Waals surface area (Å²) >= 11 is 5.97. The first kappa shape index (κ1) is 18.7. The molecule has 0 saturated carbocycles. The maximum absolute atomic E-state index is 12.1. The number of carbonyl (C=O) groups is 1. The van der Waals surface area contributed by atoms with Crippen LogP contribution in [0.5, 0.6) is 11.6 Å². The molecule has 1 amide bonds. The van der Waals surface area contributed by atoms with E-state index in [1.54, 1.807) is 43.5 Å². The molecule has 7 heteroatoms. The highest BCUT2D eigenvalue weighted by atomic mass is 35.5. The number of amides is 1. The van der Waals surface area contributed by atoms with Crippen LogP contribution in [-0.2, 0) is 4.79 Å². The van der Waals surface area contributed by atoms with Gasteiger partial charge in [-0.05, 0) is 48.9 Å². The van der Waals surface area contributed by atoms with E-state index >= 15 is 0 Å². The van der Waals surface area contributed by atoms with Gasteiger partial charge >= 0.3 is 0 Å². The van der Waals surface area contributed by atoms with E-state index in [-0.39, 0.29) is 12.5 Å². The second kappa shape index (κ2) is 8.51. The Hall–Kier alpha value is -3.12. The Morgan fingerprint density at radius 3 is 2.48 bits per heavy atom. The summed E-state index contributed by atoms with van der Waals surface area (Å²) < 4.78 is 10.5. The fraction of sp³-hybridized carbons (Fsp3) is 0.150. The zero-order valence-electron chi connectivity index (χ0n) is 14.9. The monoisotopic (exact) mass is 383 g/mol. The number of aromatic nitrogens is 2. The highest BCUT2D eigenvalue weighted by Crippen LogP contribution is 2.22. The molecule has 6 nitrogen and oxygen atoms in total. The van der Waals surface area contributed by atoms with Crippen LogP contribution in [0.3, 0.4) is 0 Å². The third-order valence-electron chi connectivity index (χ3n) is 3.81. The topological polar surface area (TPSA) is 73.3 Å². The van der Waals surface area contributed by atoms with Crippen LogP contribution in [0, 0.1) is 6.92 Å². The fourth-order valence-corrected chi connectivity index (χ4v) is 2.48. The normalized spacial score (nSPS) is 10.3. The van der Waals surface area contributed by atoms with E-state index < -0.39 is 0 Å². The van der Waals surface area contributed by atoms with Gasteiger partial charge in [0, 0.05) is 22.3 Å². The van der Waals surface area contributed by atoms with Gasteiger partial charge in [0.25, 0.3) is 5.91 Å². The van der Waals surface area contributed by atoms with Crippen molar-refractivity contribution in [1.29, 1.82) is 0 Å². The first-order valence-electron chi connectivity index (χ1n) is 8.22. The smallest absolute Gasteiger partial charge is 0.262 e. The molecule has 138 valence electrons. The fourth-order valence-electron chi connectivity index (χ4n) is 2.36. The summed E-state index contributed by atoms with van der Waals surface area (Å²) in [7, 11) is 1.54. The van der Waals surface area contributed by atoms with Crippen molar-refractivity contribution in [2.75, 3.05) is 19.0 Å². The van der Waals surface area contributed by atoms with Gasteiger partial charge in [-0.1, -0.05) is 23.7 Å². The first-order valence-corrected chi connectivity index (χ1v) is 8.60. The van der Waals surface area contributed by atoms with E-state index in [4.69, 9.17) is 21.1 Å². The molecule has 0 aliphatic heterocycles. The summed E-state index contributed by atoms with van der Waals surface area (Å²) in [4.78, 5) is 12.1. The van der Waals surface area contributed by atoms with Gasteiger partial charge in [0.05, 0.1) is 12.8 Å². The zero-order chi connectivity index (χ0) is 19.2. The predicted molar refractivity (Wildman–Crippen MR) is 104 cm³/mol. The molecule has 0 spiro atoms. The van der Waals surface area contributed by atoms with E-state index in [0.717, 1.165) is 16.8 Å². The van der Waals surface area contributed by atoms with Crippen molar-refractivity contribution in [2.45, 2.75) is 6.92 Å². The third-order valence-corrected chi connectivity index (χ3v) is 4.24. The van der Waals surface area contributed by atoms with Crippen molar-refractivity contribution in [3.05, 3.63) is 65.2 Å². The molecule has 1 N–H and O–H groups in total. The Bertz CT molecular complexity index is 928. The number of benzene rings is 2. The summed E-state index contributed by atoms with van der Waals surface area (Å²) in [6.07, 6.45) is 0. The van der Waals surface area contributed by atoms with Crippen LogP contribution in [0.25, 0.3) is 11.3 Å². The van der Waals surface area contributed by atoms with Crippen molar-refractivity contribution in [3.8, 4) is 22.9 Å². The van der Waals surface area contributed by atoms with Crippen molar-refractivity contribution in [2.24, 2.45) is 0 Å². The summed E-state index contributed by atoms with van der Waals surface area (Å²) in [5.41, 5.74) is 3.17. The van der Waals surface area contributed by atoms with Crippen LogP contribution in [-0.4, -0.2) is 29.8 Å². The molecular formula is C20H18ClN3O3. The van der Waals surface area contributed by atoms with Gasteiger partial charge in [-0.2, -0.15) is 0 Å². The molecular weight excluding hydrogens is 366 g/mol. The second-order valence-electron chi connectivity index (χ2n) is 5.79. The number of methoxy groups -OCH3 is 1. The average Bonchev–Trinajstić information content (AvgIpc) is 2.69. The van der Waals surface area contributed by atoms with Gasteiger partial charge in [-0.15, -0.1) is 10.2 Å². The molecule has 0 bridgehead atoms. The van der Waals surface area contributed by atoms with Crippen LogP contribution >= 0.6 is 11.6 Å². The van der Waals surface area contributed by atoms with E-state index in [0.29, 0.717) is 22.3 Å². The van der Waals surface area contributed by atoms with Gasteiger partial charge in [0.2, 0.25) is 5.88 Å². The molecule has 0 aliphatic carbocycles. The number of hydrogen-bond acceptors (Lipinski definition) is 5. The van der Waals surface area contributed by atoms with Crippen LogP contribution in [0.1, 0.15) is 5.56 Å². The average molecular weight is 384 g/mol. The molecule has 0 unspecified atom stereocenters. The summed E-state index contributed by atoms with van der Waals surface area (Å²) in [5, 5.41) is 11.5. The van der Waals surface area contributed by atoms with Gasteiger partial charge in [0.1, 0.15) is 5.75 Å². The Morgan fingerprint density at radius 1 is 1.07 bits per heavy atom. The van der Waals surface area contributed by atoms with Gasteiger partial charge in [-0.25, -0.2) is 0 Å². The minimum atomic E-state index is -0.250. The van der Waals surface area contributed by atoms with Gasteiger partial charge in [-0.3, -0.25) is 4.79 Å². The highest BCUT2D eigenvalue weighted by Gasteiger charge is 2.06. The lowest BCUT2D eigenvalue weighted by molar-refractivity contribution is -0.118. The number of rotatable bonds is 6. The number of nitrogens with one attached hydrogen (secondary N) is 1. The molecule has 0 atom stereocenters. The summed E-state index contributed by atoms with van der Waals surface area (Å²) in [6, 6.07) is 16.1. The molecule has 0 aliphatic rings. The minimum absolute atomic E-state index is 0.0905. The van der Waals surface area contributed by atoms with Crippen molar-refractivity contribution >= 4 is 23.2 Å². The van der Waals surface area contributed by atoms with Crippen LogP contribution in [0.4, 0.5) is 5.69 Å². The van der Waals surface area contributed by atoms with E-state index in [2.05, 4.69) is 15.5 Å². The molecule has 0 fully saturated rings.